The molecule has 6 nitrogen and oxygen atoms in total. The zero-order valence-electron chi connectivity index (χ0n) is 13.5. The third-order valence-corrected chi connectivity index (χ3v) is 3.71. The van der Waals surface area contributed by atoms with Crippen molar-refractivity contribution in [2.45, 2.75) is 25.9 Å². The van der Waals surface area contributed by atoms with Gasteiger partial charge in [0.05, 0.1) is 6.10 Å². The van der Waals surface area contributed by atoms with Crippen LogP contribution in [-0.2, 0) is 14.3 Å². The number of hydrogen-bond acceptors (Lipinski definition) is 4. The van der Waals surface area contributed by atoms with Crippen LogP contribution >= 0.6 is 0 Å². The fourth-order valence-electron chi connectivity index (χ4n) is 2.46. The normalized spacial score (nSPS) is 16.8. The van der Waals surface area contributed by atoms with E-state index in [0.717, 1.165) is 19.4 Å². The van der Waals surface area contributed by atoms with E-state index < -0.39 is 0 Å². The lowest BCUT2D eigenvalue weighted by Crippen LogP contribution is -2.42. The van der Waals surface area contributed by atoms with E-state index in [-0.39, 0.29) is 24.5 Å². The van der Waals surface area contributed by atoms with Crippen LogP contribution in [0.4, 0.5) is 0 Å². The van der Waals surface area contributed by atoms with Gasteiger partial charge in [0.15, 0.2) is 6.61 Å². The SMILES string of the molecule is CC(=O)N(CCNC(=O)COc1ccccc1)CC1CCCO1. The molecule has 1 atom stereocenters. The highest BCUT2D eigenvalue weighted by atomic mass is 16.5. The Bertz CT molecular complexity index is 501. The van der Waals surface area contributed by atoms with Crippen LogP contribution in [0.25, 0.3) is 0 Å². The number of nitrogens with zero attached hydrogens (tertiary/aromatic N) is 1. The molecule has 2 rings (SSSR count). The molecule has 0 radical (unpaired) electrons. The van der Waals surface area contributed by atoms with Gasteiger partial charge in [-0.3, -0.25) is 9.59 Å². The van der Waals surface area contributed by atoms with E-state index in [0.29, 0.717) is 25.4 Å². The Balaban J connectivity index is 1.65. The highest BCUT2D eigenvalue weighted by molar-refractivity contribution is 5.77. The number of para-hydroxylation sites is 1. The molecule has 1 N–H and O–H groups in total. The molecule has 2 amide bonds. The summed E-state index contributed by atoms with van der Waals surface area (Å²) in [7, 11) is 0. The fraction of sp³-hybridized carbons (Fsp3) is 0.529. The van der Waals surface area contributed by atoms with Gasteiger partial charge >= 0.3 is 0 Å². The lowest BCUT2D eigenvalue weighted by molar-refractivity contribution is -0.131. The van der Waals surface area contributed by atoms with Crippen molar-refractivity contribution in [3.63, 3.8) is 0 Å². The Hall–Kier alpha value is -2.08. The zero-order valence-corrected chi connectivity index (χ0v) is 13.5. The van der Waals surface area contributed by atoms with Crippen molar-refractivity contribution in [1.29, 1.82) is 0 Å². The van der Waals surface area contributed by atoms with Crippen LogP contribution in [0.1, 0.15) is 19.8 Å². The van der Waals surface area contributed by atoms with E-state index in [4.69, 9.17) is 9.47 Å². The minimum atomic E-state index is -0.200. The number of hydrogen-bond donors (Lipinski definition) is 1. The van der Waals surface area contributed by atoms with Gasteiger partial charge in [-0.25, -0.2) is 0 Å². The summed E-state index contributed by atoms with van der Waals surface area (Å²) in [6.07, 6.45) is 2.15. The quantitative estimate of drug-likeness (QED) is 0.782. The van der Waals surface area contributed by atoms with Crippen molar-refractivity contribution in [3.8, 4) is 5.75 Å². The van der Waals surface area contributed by atoms with Gasteiger partial charge in [0, 0.05) is 33.2 Å². The van der Waals surface area contributed by atoms with E-state index >= 15 is 0 Å². The molecule has 1 aliphatic heterocycles. The molecular weight excluding hydrogens is 296 g/mol. The van der Waals surface area contributed by atoms with Gasteiger partial charge < -0.3 is 19.7 Å². The van der Waals surface area contributed by atoms with Crippen molar-refractivity contribution in [2.24, 2.45) is 0 Å². The minimum Gasteiger partial charge on any atom is -0.484 e. The molecule has 0 saturated carbocycles. The Kier molecular flexibility index (Phi) is 6.87. The topological polar surface area (TPSA) is 67.9 Å². The molecule has 1 heterocycles. The molecule has 1 unspecified atom stereocenters. The minimum absolute atomic E-state index is 0.00437. The molecule has 1 aliphatic rings. The summed E-state index contributed by atoms with van der Waals surface area (Å²) in [6.45, 7) is 3.75. The first-order chi connectivity index (χ1) is 11.1. The smallest absolute Gasteiger partial charge is 0.258 e. The third kappa shape index (κ3) is 6.28. The summed E-state index contributed by atoms with van der Waals surface area (Å²) in [5.41, 5.74) is 0. The summed E-state index contributed by atoms with van der Waals surface area (Å²) in [5.74, 6) is 0.455. The molecule has 0 aliphatic carbocycles. The van der Waals surface area contributed by atoms with Crippen LogP contribution in [0, 0.1) is 0 Å². The first-order valence-corrected chi connectivity index (χ1v) is 7.97. The second-order valence-electron chi connectivity index (χ2n) is 5.55. The lowest BCUT2D eigenvalue weighted by atomic mass is 10.2. The van der Waals surface area contributed by atoms with Crippen LogP contribution in [0.15, 0.2) is 30.3 Å². The molecule has 126 valence electrons. The number of nitrogens with one attached hydrogen (secondary N) is 1. The van der Waals surface area contributed by atoms with E-state index in [1.807, 2.05) is 18.2 Å². The summed E-state index contributed by atoms with van der Waals surface area (Å²) in [4.78, 5) is 25.1. The van der Waals surface area contributed by atoms with Gasteiger partial charge in [0.25, 0.3) is 5.91 Å². The predicted molar refractivity (Wildman–Crippen MR) is 86.2 cm³/mol. The average molecular weight is 320 g/mol. The highest BCUT2D eigenvalue weighted by Crippen LogP contribution is 2.13. The molecule has 23 heavy (non-hydrogen) atoms. The van der Waals surface area contributed by atoms with Crippen LogP contribution in [0.3, 0.4) is 0 Å². The first-order valence-electron chi connectivity index (χ1n) is 7.97. The first kappa shape index (κ1) is 17.3. The molecule has 1 saturated heterocycles. The zero-order chi connectivity index (χ0) is 16.5. The van der Waals surface area contributed by atoms with Crippen LogP contribution in [0.5, 0.6) is 5.75 Å². The Labute approximate surface area is 136 Å². The number of benzene rings is 1. The number of carbonyl (C=O) groups is 2. The number of carbonyl (C=O) groups excluding carboxylic acids is 2. The van der Waals surface area contributed by atoms with Gasteiger partial charge in [-0.15, -0.1) is 0 Å². The van der Waals surface area contributed by atoms with Crippen molar-refractivity contribution < 1.29 is 19.1 Å². The van der Waals surface area contributed by atoms with Gasteiger partial charge in [0.2, 0.25) is 5.91 Å². The summed E-state index contributed by atoms with van der Waals surface area (Å²) >= 11 is 0. The molecule has 1 aromatic rings. The summed E-state index contributed by atoms with van der Waals surface area (Å²) < 4.78 is 10.9. The Morgan fingerprint density at radius 2 is 2.13 bits per heavy atom. The lowest BCUT2D eigenvalue weighted by Gasteiger charge is -2.24. The Morgan fingerprint density at radius 1 is 1.35 bits per heavy atom. The van der Waals surface area contributed by atoms with E-state index in [9.17, 15) is 9.59 Å². The maximum atomic E-state index is 11.7. The summed E-state index contributed by atoms with van der Waals surface area (Å²) in [6, 6.07) is 9.18. The standard InChI is InChI=1S/C17H24N2O4/c1-14(20)19(12-16-8-5-11-22-16)10-9-18-17(21)13-23-15-6-3-2-4-7-15/h2-4,6-7,16H,5,8-13H2,1H3,(H,18,21). The van der Waals surface area contributed by atoms with E-state index in [1.54, 1.807) is 17.0 Å². The fourth-order valence-corrected chi connectivity index (χ4v) is 2.46. The molecule has 0 aromatic heterocycles. The largest absolute Gasteiger partial charge is 0.484 e. The van der Waals surface area contributed by atoms with Crippen LogP contribution < -0.4 is 10.1 Å². The highest BCUT2D eigenvalue weighted by Gasteiger charge is 2.20. The number of ether oxygens (including phenoxy) is 2. The van der Waals surface area contributed by atoms with Crippen molar-refractivity contribution in [2.75, 3.05) is 32.8 Å². The molecule has 6 heteroatoms. The van der Waals surface area contributed by atoms with Gasteiger partial charge in [-0.2, -0.15) is 0 Å². The van der Waals surface area contributed by atoms with Gasteiger partial charge in [0.1, 0.15) is 5.75 Å². The number of rotatable bonds is 8. The monoisotopic (exact) mass is 320 g/mol. The van der Waals surface area contributed by atoms with Crippen LogP contribution in [0.2, 0.25) is 0 Å². The van der Waals surface area contributed by atoms with E-state index in [2.05, 4.69) is 5.32 Å². The molecular formula is C17H24N2O4. The van der Waals surface area contributed by atoms with Gasteiger partial charge in [-0.1, -0.05) is 18.2 Å². The van der Waals surface area contributed by atoms with Crippen molar-refractivity contribution >= 4 is 11.8 Å². The second-order valence-corrected chi connectivity index (χ2v) is 5.55. The third-order valence-electron chi connectivity index (χ3n) is 3.71. The number of amides is 2. The predicted octanol–water partition coefficient (Wildman–Crippen LogP) is 1.21. The second kappa shape index (κ2) is 9.15. The Morgan fingerprint density at radius 3 is 2.78 bits per heavy atom. The maximum Gasteiger partial charge on any atom is 0.258 e. The van der Waals surface area contributed by atoms with Crippen molar-refractivity contribution in [3.05, 3.63) is 30.3 Å². The average Bonchev–Trinajstić information content (AvgIpc) is 3.06. The molecule has 1 aromatic carbocycles. The summed E-state index contributed by atoms with van der Waals surface area (Å²) in [5, 5.41) is 2.76. The van der Waals surface area contributed by atoms with E-state index in [1.165, 1.54) is 6.92 Å². The van der Waals surface area contributed by atoms with Crippen molar-refractivity contribution in [1.82, 2.24) is 10.2 Å². The van der Waals surface area contributed by atoms with Crippen LogP contribution in [-0.4, -0.2) is 55.7 Å². The molecule has 0 bridgehead atoms. The van der Waals surface area contributed by atoms with Gasteiger partial charge in [-0.05, 0) is 25.0 Å². The molecule has 0 spiro atoms. The maximum absolute atomic E-state index is 11.7. The molecule has 1 fully saturated rings.